The Morgan fingerprint density at radius 1 is 0.364 bits per heavy atom. The van der Waals surface area contributed by atoms with Crippen molar-refractivity contribution in [2.75, 3.05) is 4.90 Å². The number of para-hydroxylation sites is 1. The van der Waals surface area contributed by atoms with Crippen molar-refractivity contribution in [2.24, 2.45) is 0 Å². The molecular formula is C64H43NO. The molecule has 11 aromatic rings. The van der Waals surface area contributed by atoms with Crippen LogP contribution in [0.5, 0.6) is 0 Å². The number of nitrogens with zero attached hydrogens (tertiary/aromatic N) is 1. The third-order valence-electron chi connectivity index (χ3n) is 15.1. The van der Waals surface area contributed by atoms with Gasteiger partial charge >= 0.3 is 0 Å². The maximum absolute atomic E-state index is 7.31. The number of anilines is 3. The molecule has 3 aliphatic carbocycles. The Morgan fingerprint density at radius 3 is 1.53 bits per heavy atom. The molecule has 66 heavy (non-hydrogen) atoms. The van der Waals surface area contributed by atoms with Crippen LogP contribution in [0.15, 0.2) is 229 Å². The quantitative estimate of drug-likeness (QED) is 0.172. The molecule has 10 aromatic carbocycles. The van der Waals surface area contributed by atoms with E-state index in [1.165, 1.54) is 77.9 Å². The first-order chi connectivity index (χ1) is 32.5. The fourth-order valence-electron chi connectivity index (χ4n) is 12.2. The minimum atomic E-state index is -0.443. The molecule has 0 radical (unpaired) electrons. The van der Waals surface area contributed by atoms with E-state index in [4.69, 9.17) is 4.42 Å². The van der Waals surface area contributed by atoms with Gasteiger partial charge in [-0.15, -0.1) is 0 Å². The Bertz CT molecular complexity index is 3690. The number of hydrogen-bond donors (Lipinski definition) is 0. The lowest BCUT2D eigenvalue weighted by atomic mass is 9.70. The van der Waals surface area contributed by atoms with Crippen molar-refractivity contribution in [3.8, 4) is 55.6 Å². The molecule has 3 aliphatic rings. The van der Waals surface area contributed by atoms with E-state index < -0.39 is 5.41 Å². The zero-order chi connectivity index (χ0) is 43.7. The Hall–Kier alpha value is -8.20. The Morgan fingerprint density at radius 2 is 0.894 bits per heavy atom. The molecule has 0 fully saturated rings. The molecule has 14 rings (SSSR count). The van der Waals surface area contributed by atoms with Crippen LogP contribution in [0.3, 0.4) is 0 Å². The number of furan rings is 1. The molecule has 310 valence electrons. The van der Waals surface area contributed by atoms with Crippen LogP contribution >= 0.6 is 0 Å². The smallest absolute Gasteiger partial charge is 0.159 e. The van der Waals surface area contributed by atoms with Gasteiger partial charge in [-0.25, -0.2) is 0 Å². The van der Waals surface area contributed by atoms with Crippen molar-refractivity contribution in [3.63, 3.8) is 0 Å². The van der Waals surface area contributed by atoms with Crippen LogP contribution < -0.4 is 4.90 Å². The lowest BCUT2D eigenvalue weighted by Crippen LogP contribution is -2.25. The average Bonchev–Trinajstić information content (AvgIpc) is 4.07. The second-order valence-corrected chi connectivity index (χ2v) is 18.7. The SMILES string of the molecule is CC1(C)c2ccccc2-c2ccc(N(c3cc(-c4ccccc4)cc(-c4ccccc4)c3)c3cccc4c3oc3ccc5c(c34)-c3ccccc3C53c4ccccc4-c4ccccc43)cc21. The zero-order valence-electron chi connectivity index (χ0n) is 36.7. The van der Waals surface area contributed by atoms with Gasteiger partial charge in [-0.1, -0.05) is 196 Å². The first kappa shape index (κ1) is 37.2. The van der Waals surface area contributed by atoms with Crippen LogP contribution in [-0.4, -0.2) is 0 Å². The summed E-state index contributed by atoms with van der Waals surface area (Å²) in [7, 11) is 0. The van der Waals surface area contributed by atoms with Crippen LogP contribution in [0.2, 0.25) is 0 Å². The van der Waals surface area contributed by atoms with Gasteiger partial charge in [0.15, 0.2) is 5.58 Å². The van der Waals surface area contributed by atoms with Gasteiger partial charge in [0, 0.05) is 27.6 Å². The predicted molar refractivity (Wildman–Crippen MR) is 273 cm³/mol. The molecule has 1 spiro atoms. The number of fused-ring (bicyclic) bond motifs is 17. The Labute approximate surface area is 384 Å². The number of benzene rings is 10. The second-order valence-electron chi connectivity index (χ2n) is 18.7. The average molecular weight is 842 g/mol. The first-order valence-electron chi connectivity index (χ1n) is 23.1. The fraction of sp³-hybridized carbons (Fsp3) is 0.0625. The van der Waals surface area contributed by atoms with Crippen molar-refractivity contribution >= 4 is 39.0 Å². The third-order valence-corrected chi connectivity index (χ3v) is 15.1. The van der Waals surface area contributed by atoms with Crippen molar-refractivity contribution in [3.05, 3.63) is 258 Å². The van der Waals surface area contributed by atoms with E-state index in [9.17, 15) is 0 Å². The summed E-state index contributed by atoms with van der Waals surface area (Å²) in [6.45, 7) is 4.73. The number of hydrogen-bond acceptors (Lipinski definition) is 2. The number of rotatable bonds is 5. The van der Waals surface area contributed by atoms with Gasteiger partial charge in [0.25, 0.3) is 0 Å². The minimum absolute atomic E-state index is 0.179. The van der Waals surface area contributed by atoms with Crippen LogP contribution in [0.1, 0.15) is 47.2 Å². The molecule has 0 saturated heterocycles. The summed E-state index contributed by atoms with van der Waals surface area (Å²) in [6.07, 6.45) is 0. The fourth-order valence-corrected chi connectivity index (χ4v) is 12.2. The van der Waals surface area contributed by atoms with Gasteiger partial charge in [0.2, 0.25) is 0 Å². The molecule has 2 heteroatoms. The summed E-state index contributed by atoms with van der Waals surface area (Å²) in [4.78, 5) is 2.45. The van der Waals surface area contributed by atoms with E-state index in [0.717, 1.165) is 50.1 Å². The highest BCUT2D eigenvalue weighted by Crippen LogP contribution is 2.64. The largest absolute Gasteiger partial charge is 0.454 e. The summed E-state index contributed by atoms with van der Waals surface area (Å²) in [5.41, 5.74) is 24.6. The maximum atomic E-state index is 7.31. The molecule has 0 N–H and O–H groups in total. The normalized spacial score (nSPS) is 14.2. The van der Waals surface area contributed by atoms with Gasteiger partial charge < -0.3 is 9.32 Å². The van der Waals surface area contributed by atoms with Gasteiger partial charge in [-0.05, 0) is 131 Å². The molecule has 0 saturated carbocycles. The molecule has 1 heterocycles. The predicted octanol–water partition coefficient (Wildman–Crippen LogP) is 17.0. The van der Waals surface area contributed by atoms with Gasteiger partial charge in [0.05, 0.1) is 11.1 Å². The van der Waals surface area contributed by atoms with Gasteiger partial charge in [0.1, 0.15) is 5.58 Å². The maximum Gasteiger partial charge on any atom is 0.159 e. The minimum Gasteiger partial charge on any atom is -0.454 e. The Kier molecular flexibility index (Phi) is 7.70. The van der Waals surface area contributed by atoms with Gasteiger partial charge in [-0.3, -0.25) is 0 Å². The molecule has 0 aliphatic heterocycles. The van der Waals surface area contributed by atoms with Crippen molar-refractivity contribution in [1.29, 1.82) is 0 Å². The lowest BCUT2D eigenvalue weighted by molar-refractivity contribution is 0.660. The van der Waals surface area contributed by atoms with E-state index in [1.807, 2.05) is 0 Å². The van der Waals surface area contributed by atoms with E-state index >= 15 is 0 Å². The second kappa shape index (κ2) is 13.7. The van der Waals surface area contributed by atoms with Crippen LogP contribution in [0, 0.1) is 0 Å². The van der Waals surface area contributed by atoms with Crippen molar-refractivity contribution < 1.29 is 4.42 Å². The highest BCUT2D eigenvalue weighted by atomic mass is 16.3. The first-order valence-corrected chi connectivity index (χ1v) is 23.1. The summed E-state index contributed by atoms with van der Waals surface area (Å²) >= 11 is 0. The van der Waals surface area contributed by atoms with Crippen molar-refractivity contribution in [2.45, 2.75) is 24.7 Å². The van der Waals surface area contributed by atoms with Crippen LogP contribution in [-0.2, 0) is 10.8 Å². The summed E-state index contributed by atoms with van der Waals surface area (Å²) in [5.74, 6) is 0. The summed E-state index contributed by atoms with van der Waals surface area (Å²) in [5, 5.41) is 2.26. The van der Waals surface area contributed by atoms with E-state index in [-0.39, 0.29) is 5.41 Å². The highest BCUT2D eigenvalue weighted by molar-refractivity contribution is 6.19. The monoisotopic (exact) mass is 841 g/mol. The molecule has 1 aromatic heterocycles. The molecule has 0 atom stereocenters. The molecule has 0 unspecified atom stereocenters. The molecule has 0 amide bonds. The highest BCUT2D eigenvalue weighted by Gasteiger charge is 2.52. The lowest BCUT2D eigenvalue weighted by Gasteiger charge is -2.30. The molecule has 2 nitrogen and oxygen atoms in total. The Balaban J connectivity index is 1.05. The van der Waals surface area contributed by atoms with E-state index in [2.05, 4.69) is 243 Å². The summed E-state index contributed by atoms with van der Waals surface area (Å²) < 4.78 is 7.31. The van der Waals surface area contributed by atoms with Crippen LogP contribution in [0.4, 0.5) is 17.1 Å². The zero-order valence-corrected chi connectivity index (χ0v) is 36.7. The molecule has 0 bridgehead atoms. The van der Waals surface area contributed by atoms with E-state index in [0.29, 0.717) is 0 Å². The van der Waals surface area contributed by atoms with Crippen molar-refractivity contribution in [1.82, 2.24) is 0 Å². The van der Waals surface area contributed by atoms with Gasteiger partial charge in [-0.2, -0.15) is 0 Å². The third kappa shape index (κ3) is 4.96. The topological polar surface area (TPSA) is 16.4 Å². The summed E-state index contributed by atoms with van der Waals surface area (Å²) in [6, 6.07) is 83.0. The van der Waals surface area contributed by atoms with Crippen LogP contribution in [0.25, 0.3) is 77.6 Å². The van der Waals surface area contributed by atoms with E-state index in [1.54, 1.807) is 0 Å². The standard InChI is InChI=1S/C64H43NO/c1-63(2)52-27-13-9-22-46(52)49-33-32-44(39-57(49)63)65(45-37-42(40-18-5-3-6-19-40)36-43(38-45)41-20-7-4-8-21-41)58-31-17-26-51-61-59(66-62(51)58)35-34-56-60(61)50-25-12-16-30-55(50)64(56)53-28-14-10-23-47(53)48-24-11-15-29-54(48)64/h3-39H,1-2H3. The molecular weight excluding hydrogens is 799 g/mol.